The van der Waals surface area contributed by atoms with Crippen molar-refractivity contribution >= 4 is 23.5 Å². The minimum atomic E-state index is -1.26. The first-order valence-corrected chi connectivity index (χ1v) is 8.11. The minimum absolute atomic E-state index is 0.558. The van der Waals surface area contributed by atoms with Crippen molar-refractivity contribution in [1.82, 2.24) is 4.57 Å². The van der Waals surface area contributed by atoms with E-state index in [1.165, 1.54) is 22.4 Å². The van der Waals surface area contributed by atoms with Crippen LogP contribution in [0.3, 0.4) is 0 Å². The fraction of sp³-hybridized carbons (Fsp3) is 0.222. The van der Waals surface area contributed by atoms with Crippen LogP contribution in [0.4, 0.5) is 0 Å². The number of halogens is 1. The van der Waals surface area contributed by atoms with Gasteiger partial charge < -0.3 is 20.5 Å². The summed E-state index contributed by atoms with van der Waals surface area (Å²) in [6.07, 6.45) is 5.36. The standard InChI is InChI=1S/C14H15ClN2.C4H4O4/c15-13-3-1-2-12-11(13)5-4-10-6-8-17(9-7-16)14(10)12;5-3(6)1-2-4(7)8/h1-3,6,8H,4-5,7,9,16H2;1-2H,(H,5,6)(H,7,8)/b;2-1+. The lowest BCUT2D eigenvalue weighted by Gasteiger charge is -2.20. The molecule has 0 bridgehead atoms. The van der Waals surface area contributed by atoms with Crippen LogP contribution in [0.1, 0.15) is 11.1 Å². The van der Waals surface area contributed by atoms with Gasteiger partial charge in [0, 0.05) is 42.0 Å². The van der Waals surface area contributed by atoms with Crippen LogP contribution in [0.15, 0.2) is 42.6 Å². The molecule has 7 heteroatoms. The molecular weight excluding hydrogens is 344 g/mol. The number of rotatable bonds is 4. The van der Waals surface area contributed by atoms with Crippen molar-refractivity contribution in [2.75, 3.05) is 6.54 Å². The van der Waals surface area contributed by atoms with Gasteiger partial charge in [0.05, 0.1) is 5.69 Å². The van der Waals surface area contributed by atoms with Gasteiger partial charge in [0.2, 0.25) is 0 Å². The zero-order valence-electron chi connectivity index (χ0n) is 13.5. The second-order valence-electron chi connectivity index (χ2n) is 5.45. The highest BCUT2D eigenvalue weighted by Crippen LogP contribution is 2.37. The van der Waals surface area contributed by atoms with E-state index in [0.29, 0.717) is 18.7 Å². The second kappa shape index (κ2) is 8.50. The molecule has 25 heavy (non-hydrogen) atoms. The summed E-state index contributed by atoms with van der Waals surface area (Å²) in [4.78, 5) is 19.1. The largest absolute Gasteiger partial charge is 0.478 e. The third-order valence-electron chi connectivity index (χ3n) is 3.80. The number of carbonyl (C=O) groups is 2. The Bertz CT molecular complexity index is 795. The summed E-state index contributed by atoms with van der Waals surface area (Å²) >= 11 is 6.27. The second-order valence-corrected chi connectivity index (χ2v) is 5.85. The number of carboxylic acids is 2. The van der Waals surface area contributed by atoms with E-state index in [2.05, 4.69) is 22.9 Å². The topological polar surface area (TPSA) is 106 Å². The molecule has 1 aromatic carbocycles. The molecule has 0 saturated carbocycles. The van der Waals surface area contributed by atoms with E-state index < -0.39 is 11.9 Å². The molecule has 4 N–H and O–H groups in total. The van der Waals surface area contributed by atoms with Crippen molar-refractivity contribution in [2.24, 2.45) is 5.73 Å². The predicted octanol–water partition coefficient (Wildman–Crippen LogP) is 2.58. The van der Waals surface area contributed by atoms with Crippen molar-refractivity contribution in [3.63, 3.8) is 0 Å². The molecule has 1 heterocycles. The molecule has 0 amide bonds. The maximum absolute atomic E-state index is 9.55. The maximum atomic E-state index is 9.55. The number of hydrogen-bond acceptors (Lipinski definition) is 3. The van der Waals surface area contributed by atoms with E-state index in [9.17, 15) is 9.59 Å². The van der Waals surface area contributed by atoms with Crippen molar-refractivity contribution in [1.29, 1.82) is 0 Å². The van der Waals surface area contributed by atoms with Gasteiger partial charge in [-0.1, -0.05) is 23.7 Å². The van der Waals surface area contributed by atoms with E-state index >= 15 is 0 Å². The van der Waals surface area contributed by atoms with Crippen molar-refractivity contribution in [3.8, 4) is 11.3 Å². The van der Waals surface area contributed by atoms with Gasteiger partial charge in [-0.2, -0.15) is 0 Å². The number of hydrogen-bond donors (Lipinski definition) is 3. The highest BCUT2D eigenvalue weighted by Gasteiger charge is 2.20. The number of nitrogens with zero attached hydrogens (tertiary/aromatic N) is 1. The van der Waals surface area contributed by atoms with Gasteiger partial charge in [0.25, 0.3) is 0 Å². The van der Waals surface area contributed by atoms with E-state index in [1.807, 2.05) is 12.1 Å². The van der Waals surface area contributed by atoms with Crippen LogP contribution < -0.4 is 5.73 Å². The molecule has 132 valence electrons. The Morgan fingerprint density at radius 3 is 2.44 bits per heavy atom. The van der Waals surface area contributed by atoms with E-state index in [1.54, 1.807) is 0 Å². The van der Waals surface area contributed by atoms with Crippen LogP contribution in [-0.4, -0.2) is 33.3 Å². The maximum Gasteiger partial charge on any atom is 0.328 e. The Balaban J connectivity index is 0.000000242. The molecule has 0 atom stereocenters. The van der Waals surface area contributed by atoms with Crippen LogP contribution >= 0.6 is 11.6 Å². The Kier molecular flexibility index (Phi) is 6.38. The van der Waals surface area contributed by atoms with Gasteiger partial charge in [0.15, 0.2) is 0 Å². The first-order valence-electron chi connectivity index (χ1n) is 7.73. The number of benzene rings is 1. The van der Waals surface area contributed by atoms with Crippen LogP contribution in [0.2, 0.25) is 5.02 Å². The molecule has 1 aliphatic carbocycles. The Morgan fingerprint density at radius 1 is 1.16 bits per heavy atom. The lowest BCUT2D eigenvalue weighted by Crippen LogP contribution is -2.13. The lowest BCUT2D eigenvalue weighted by atomic mass is 9.90. The minimum Gasteiger partial charge on any atom is -0.478 e. The molecule has 3 rings (SSSR count). The first-order chi connectivity index (χ1) is 11.9. The summed E-state index contributed by atoms with van der Waals surface area (Å²) < 4.78 is 2.24. The zero-order valence-corrected chi connectivity index (χ0v) is 14.2. The molecule has 6 nitrogen and oxygen atoms in total. The summed E-state index contributed by atoms with van der Waals surface area (Å²) in [6, 6.07) is 8.36. The van der Waals surface area contributed by atoms with Crippen molar-refractivity contribution in [2.45, 2.75) is 19.4 Å². The Labute approximate surface area is 150 Å². The third kappa shape index (κ3) is 4.71. The van der Waals surface area contributed by atoms with Crippen LogP contribution in [0.25, 0.3) is 11.3 Å². The molecule has 2 aromatic rings. The van der Waals surface area contributed by atoms with Crippen LogP contribution in [0.5, 0.6) is 0 Å². The van der Waals surface area contributed by atoms with Gasteiger partial charge >= 0.3 is 11.9 Å². The van der Waals surface area contributed by atoms with Crippen LogP contribution in [0, 0.1) is 0 Å². The van der Waals surface area contributed by atoms with Gasteiger partial charge in [-0.05, 0) is 36.1 Å². The normalized spacial score (nSPS) is 12.1. The quantitative estimate of drug-likeness (QED) is 0.725. The molecule has 1 aliphatic rings. The summed E-state index contributed by atoms with van der Waals surface area (Å²) in [7, 11) is 0. The fourth-order valence-electron chi connectivity index (χ4n) is 2.81. The van der Waals surface area contributed by atoms with E-state index in [-0.39, 0.29) is 0 Å². The van der Waals surface area contributed by atoms with Gasteiger partial charge in [-0.3, -0.25) is 0 Å². The first kappa shape index (κ1) is 18.8. The summed E-state index contributed by atoms with van der Waals surface area (Å²) in [6.45, 7) is 1.53. The monoisotopic (exact) mass is 362 g/mol. The number of aryl methyl sites for hydroxylation is 1. The number of fused-ring (bicyclic) bond motifs is 3. The highest BCUT2D eigenvalue weighted by atomic mass is 35.5. The predicted molar refractivity (Wildman–Crippen MR) is 95.8 cm³/mol. The number of aromatic nitrogens is 1. The molecule has 0 saturated heterocycles. The summed E-state index contributed by atoms with van der Waals surface area (Å²) in [5, 5.41) is 16.5. The van der Waals surface area contributed by atoms with Gasteiger partial charge in [-0.25, -0.2) is 9.59 Å². The fourth-order valence-corrected chi connectivity index (χ4v) is 3.08. The Hall–Kier alpha value is -2.57. The number of carboxylic acid groups (broad SMARTS) is 2. The summed E-state index contributed by atoms with van der Waals surface area (Å²) in [5.74, 6) is -2.51. The SMILES string of the molecule is NCCn1ccc2c1-c1cccc(Cl)c1CC2.O=C(O)/C=C/C(=O)O. The van der Waals surface area contributed by atoms with Gasteiger partial charge in [-0.15, -0.1) is 0 Å². The molecule has 0 unspecified atom stereocenters. The average molecular weight is 363 g/mol. The third-order valence-corrected chi connectivity index (χ3v) is 4.16. The molecule has 0 aliphatic heterocycles. The lowest BCUT2D eigenvalue weighted by molar-refractivity contribution is -0.134. The molecular formula is C18H19ClN2O4. The molecule has 1 aromatic heterocycles. The number of aliphatic carboxylic acids is 2. The molecule has 0 radical (unpaired) electrons. The van der Waals surface area contributed by atoms with E-state index in [4.69, 9.17) is 27.5 Å². The smallest absolute Gasteiger partial charge is 0.328 e. The van der Waals surface area contributed by atoms with Crippen LogP contribution in [-0.2, 0) is 29.0 Å². The Morgan fingerprint density at radius 2 is 1.84 bits per heavy atom. The molecule has 0 fully saturated rings. The summed E-state index contributed by atoms with van der Waals surface area (Å²) in [5.41, 5.74) is 10.9. The molecule has 0 spiro atoms. The highest BCUT2D eigenvalue weighted by molar-refractivity contribution is 6.31. The van der Waals surface area contributed by atoms with Gasteiger partial charge in [0.1, 0.15) is 0 Å². The number of nitrogens with two attached hydrogens (primary N) is 1. The van der Waals surface area contributed by atoms with E-state index in [0.717, 1.165) is 24.4 Å². The van der Waals surface area contributed by atoms with Crippen molar-refractivity contribution in [3.05, 3.63) is 58.8 Å². The van der Waals surface area contributed by atoms with Crippen molar-refractivity contribution < 1.29 is 19.8 Å². The zero-order chi connectivity index (χ0) is 18.4. The average Bonchev–Trinajstić information content (AvgIpc) is 2.98.